The second kappa shape index (κ2) is 5.47. The topological polar surface area (TPSA) is 127 Å². The van der Waals surface area contributed by atoms with Crippen molar-refractivity contribution in [2.75, 3.05) is 6.54 Å². The first-order valence-electron chi connectivity index (χ1n) is 4.25. The van der Waals surface area contributed by atoms with E-state index in [-0.39, 0.29) is 12.1 Å². The van der Waals surface area contributed by atoms with E-state index in [2.05, 4.69) is 10.0 Å². The maximum Gasteiger partial charge on any atom is 0.336 e. The number of carbonyl (C=O) groups is 1. The van der Waals surface area contributed by atoms with Crippen molar-refractivity contribution >= 4 is 17.3 Å². The molecule has 0 spiro atoms. The summed E-state index contributed by atoms with van der Waals surface area (Å²) in [7, 11) is 0. The van der Waals surface area contributed by atoms with Gasteiger partial charge in [-0.25, -0.2) is 4.79 Å². The lowest BCUT2D eigenvalue weighted by molar-refractivity contribution is 0.0266. The van der Waals surface area contributed by atoms with E-state index < -0.39 is 18.2 Å². The van der Waals surface area contributed by atoms with Crippen LogP contribution in [0.2, 0.25) is 0 Å². The van der Waals surface area contributed by atoms with Gasteiger partial charge in [0.2, 0.25) is 0 Å². The van der Waals surface area contributed by atoms with Crippen molar-refractivity contribution in [2.24, 2.45) is 5.11 Å². The van der Waals surface area contributed by atoms with Crippen LogP contribution in [-0.4, -0.2) is 33.9 Å². The Morgan fingerprint density at radius 2 is 2.31 bits per heavy atom. The fraction of sp³-hybridized carbons (Fsp3) is 0.375. The second-order valence-electron chi connectivity index (χ2n) is 2.97. The maximum atomic E-state index is 10.6. The Bertz CT molecular complexity index is 427. The minimum absolute atomic E-state index is 0.0510. The summed E-state index contributed by atoms with van der Waals surface area (Å²) in [6.07, 6.45) is -2.49. The number of azide groups is 1. The second-order valence-corrected chi connectivity index (χ2v) is 3.91. The molecule has 0 bridgehead atoms. The van der Waals surface area contributed by atoms with Crippen molar-refractivity contribution in [3.8, 4) is 0 Å². The van der Waals surface area contributed by atoms with E-state index >= 15 is 0 Å². The molecule has 0 radical (unpaired) electrons. The van der Waals surface area contributed by atoms with Crippen molar-refractivity contribution < 1.29 is 20.1 Å². The van der Waals surface area contributed by atoms with Crippen LogP contribution < -0.4 is 0 Å². The summed E-state index contributed by atoms with van der Waals surface area (Å²) in [5.74, 6) is -1.10. The molecule has 1 rings (SSSR count). The Balaban J connectivity index is 2.75. The van der Waals surface area contributed by atoms with Crippen molar-refractivity contribution in [1.82, 2.24) is 0 Å². The zero-order valence-corrected chi connectivity index (χ0v) is 8.83. The van der Waals surface area contributed by atoms with Gasteiger partial charge in [-0.15, -0.1) is 11.3 Å². The third-order valence-electron chi connectivity index (χ3n) is 1.85. The number of rotatable bonds is 5. The largest absolute Gasteiger partial charge is 0.478 e. The van der Waals surface area contributed by atoms with Gasteiger partial charge in [-0.1, -0.05) is 5.11 Å². The highest BCUT2D eigenvalue weighted by atomic mass is 32.1. The molecule has 0 fully saturated rings. The first-order chi connectivity index (χ1) is 7.56. The molecule has 86 valence electrons. The Morgan fingerprint density at radius 1 is 1.62 bits per heavy atom. The monoisotopic (exact) mass is 243 g/mol. The van der Waals surface area contributed by atoms with E-state index in [1.165, 1.54) is 11.4 Å². The van der Waals surface area contributed by atoms with Gasteiger partial charge in [-0.05, 0) is 11.6 Å². The Kier molecular flexibility index (Phi) is 4.27. The molecule has 2 unspecified atom stereocenters. The smallest absolute Gasteiger partial charge is 0.336 e. The molecule has 0 aliphatic rings. The number of aliphatic hydroxyl groups is 2. The molecule has 0 aliphatic heterocycles. The van der Waals surface area contributed by atoms with Crippen LogP contribution in [0.5, 0.6) is 0 Å². The molecule has 1 heterocycles. The molecule has 0 saturated heterocycles. The molecule has 7 nitrogen and oxygen atoms in total. The summed E-state index contributed by atoms with van der Waals surface area (Å²) in [5, 5.41) is 32.1. The van der Waals surface area contributed by atoms with Gasteiger partial charge >= 0.3 is 5.97 Å². The molecular weight excluding hydrogens is 234 g/mol. The van der Waals surface area contributed by atoms with Gasteiger partial charge in [-0.3, -0.25) is 0 Å². The van der Waals surface area contributed by atoms with Gasteiger partial charge in [-0.2, -0.15) is 0 Å². The van der Waals surface area contributed by atoms with Crippen LogP contribution in [0, 0.1) is 0 Å². The van der Waals surface area contributed by atoms with Crippen LogP contribution in [0.25, 0.3) is 10.4 Å². The summed E-state index contributed by atoms with van der Waals surface area (Å²) in [6.45, 7) is -0.266. The van der Waals surface area contributed by atoms with Crippen molar-refractivity contribution in [3.05, 3.63) is 32.3 Å². The standard InChI is InChI=1S/C8H9N3O4S/c9-11-10-2-5(12)7(13)6-1-4(3-16-6)8(14)15/h1,3,5,7,12-13H,2H2,(H,14,15). The highest BCUT2D eigenvalue weighted by Crippen LogP contribution is 2.24. The molecule has 1 aromatic rings. The molecule has 16 heavy (non-hydrogen) atoms. The van der Waals surface area contributed by atoms with E-state index in [4.69, 9.17) is 10.6 Å². The zero-order valence-electron chi connectivity index (χ0n) is 8.02. The van der Waals surface area contributed by atoms with Crippen molar-refractivity contribution in [1.29, 1.82) is 0 Å². The lowest BCUT2D eigenvalue weighted by Crippen LogP contribution is -2.20. The van der Waals surface area contributed by atoms with Gasteiger partial charge in [0.05, 0.1) is 18.2 Å². The third kappa shape index (κ3) is 2.94. The van der Waals surface area contributed by atoms with Gasteiger partial charge in [0, 0.05) is 15.2 Å². The van der Waals surface area contributed by atoms with Gasteiger partial charge in [0.15, 0.2) is 0 Å². The number of aromatic carboxylic acids is 1. The molecule has 1 aromatic heterocycles. The molecule has 0 amide bonds. The van der Waals surface area contributed by atoms with Crippen LogP contribution in [-0.2, 0) is 0 Å². The third-order valence-corrected chi connectivity index (χ3v) is 2.86. The number of nitrogens with zero attached hydrogens (tertiary/aromatic N) is 3. The molecule has 3 N–H and O–H groups in total. The zero-order chi connectivity index (χ0) is 12.1. The minimum Gasteiger partial charge on any atom is -0.478 e. The van der Waals surface area contributed by atoms with E-state index in [0.717, 1.165) is 11.3 Å². The lowest BCUT2D eigenvalue weighted by atomic mass is 10.1. The predicted octanol–water partition coefficient (Wildman–Crippen LogP) is 1.15. The van der Waals surface area contributed by atoms with Crippen molar-refractivity contribution in [3.63, 3.8) is 0 Å². The number of carboxylic acids is 1. The number of hydrogen-bond acceptors (Lipinski definition) is 5. The van der Waals surface area contributed by atoms with E-state index in [1.807, 2.05) is 0 Å². The highest BCUT2D eigenvalue weighted by molar-refractivity contribution is 7.10. The number of aliphatic hydroxyl groups excluding tert-OH is 2. The Morgan fingerprint density at radius 3 is 2.81 bits per heavy atom. The molecule has 0 saturated carbocycles. The van der Waals surface area contributed by atoms with E-state index in [0.29, 0.717) is 4.88 Å². The summed E-state index contributed by atoms with van der Waals surface area (Å²) in [4.78, 5) is 13.3. The Hall–Kier alpha value is -1.60. The summed E-state index contributed by atoms with van der Waals surface area (Å²) in [6, 6.07) is 1.27. The molecular formula is C8H9N3O4S. The fourth-order valence-corrected chi connectivity index (χ4v) is 1.95. The number of hydrogen-bond donors (Lipinski definition) is 3. The molecule has 8 heteroatoms. The average Bonchev–Trinajstić information content (AvgIpc) is 2.74. The van der Waals surface area contributed by atoms with Gasteiger partial charge < -0.3 is 15.3 Å². The van der Waals surface area contributed by atoms with E-state index in [1.54, 1.807) is 0 Å². The minimum atomic E-state index is -1.25. The van der Waals surface area contributed by atoms with Gasteiger partial charge in [0.1, 0.15) is 6.10 Å². The predicted molar refractivity (Wildman–Crippen MR) is 56.3 cm³/mol. The summed E-state index contributed by atoms with van der Waals surface area (Å²) < 4.78 is 0. The van der Waals surface area contributed by atoms with E-state index in [9.17, 15) is 15.0 Å². The van der Waals surface area contributed by atoms with Crippen LogP contribution >= 0.6 is 11.3 Å². The summed E-state index contributed by atoms with van der Waals surface area (Å²) in [5.41, 5.74) is 8.09. The quantitative estimate of drug-likeness (QED) is 0.407. The van der Waals surface area contributed by atoms with Crippen LogP contribution in [0.3, 0.4) is 0 Å². The van der Waals surface area contributed by atoms with Crippen LogP contribution in [0.15, 0.2) is 16.6 Å². The van der Waals surface area contributed by atoms with Crippen LogP contribution in [0.4, 0.5) is 0 Å². The SMILES string of the molecule is [N-]=[N+]=NCC(O)C(O)c1cc(C(=O)O)cs1. The summed E-state index contributed by atoms with van der Waals surface area (Å²) >= 11 is 1.02. The molecule has 0 aliphatic carbocycles. The first-order valence-corrected chi connectivity index (χ1v) is 5.13. The highest BCUT2D eigenvalue weighted by Gasteiger charge is 2.20. The normalized spacial score (nSPS) is 13.9. The van der Waals surface area contributed by atoms with Gasteiger partial charge in [0.25, 0.3) is 0 Å². The Labute approximate surface area is 94.2 Å². The molecule has 0 aromatic carbocycles. The number of thiophene rings is 1. The fourth-order valence-electron chi connectivity index (χ4n) is 1.03. The average molecular weight is 243 g/mol. The first kappa shape index (κ1) is 12.5. The molecule has 2 atom stereocenters. The lowest BCUT2D eigenvalue weighted by Gasteiger charge is -2.13. The maximum absolute atomic E-state index is 10.6. The van der Waals surface area contributed by atoms with Crippen molar-refractivity contribution in [2.45, 2.75) is 12.2 Å². The number of carboxylic acid groups (broad SMARTS) is 1. The van der Waals surface area contributed by atoms with Crippen LogP contribution in [0.1, 0.15) is 21.3 Å².